The Morgan fingerprint density at radius 3 is 1.64 bits per heavy atom. The van der Waals surface area contributed by atoms with Crippen molar-refractivity contribution in [1.29, 1.82) is 0 Å². The van der Waals surface area contributed by atoms with Gasteiger partial charge in [-0.2, -0.15) is 0 Å². The Labute approximate surface area is 329 Å². The van der Waals surface area contributed by atoms with Gasteiger partial charge in [0.15, 0.2) is 0 Å². The minimum atomic E-state index is -0.956. The summed E-state index contributed by atoms with van der Waals surface area (Å²) in [7, 11) is 0. The van der Waals surface area contributed by atoms with Crippen LogP contribution >= 0.6 is 0 Å². The molecule has 0 fully saturated rings. The minimum Gasteiger partial charge on any atom is -0.481 e. The number of azide groups is 1. The Bertz CT molecular complexity index is 1020. The average Bonchev–Trinajstić information content (AvgIpc) is 3.20. The monoisotopic (exact) mass is 789 g/mol. The smallest absolute Gasteiger partial charge is 0.303 e. The fraction of sp³-hybridized carbons (Fsp3) is 0.737. The largest absolute Gasteiger partial charge is 0.481 e. The number of nitrogens with zero attached hydrogens (tertiary/aromatic N) is 3. The average molecular weight is 789 g/mol. The summed E-state index contributed by atoms with van der Waals surface area (Å²) in [5.74, 6) is -1.35. The molecular formula is C38H72N6O11. The van der Waals surface area contributed by atoms with Crippen LogP contribution in [0.15, 0.2) is 29.4 Å². The lowest BCUT2D eigenvalue weighted by Gasteiger charge is -2.05. The zero-order chi connectivity index (χ0) is 42.0. The van der Waals surface area contributed by atoms with E-state index in [0.29, 0.717) is 83.6 Å². The molecule has 0 aliphatic carbocycles. The van der Waals surface area contributed by atoms with Crippen molar-refractivity contribution in [2.24, 2.45) is 10.8 Å². The molecule has 0 saturated heterocycles. The standard InChI is InChI=1S/C13H17NO3.C9H17NO4.C6H14O2.C5H11N3O.C5H13NO/c1-2-8-17-9-7-14-13(16)12-5-3-11(10-15)4-6-12;1-2-6-14-7-5-10-8(11)3-4-9(12)13;1-2-5-8-6-3-4-7;1-2-4-9-5-3-7-8-6;1-2-4-7-5-3-6/h3-6,10H,2,7-9H2,1H3,(H,14,16);2-7H2,1H3,(H,10,11)(H,12,13);7H,2-6H2,1H3;2-5H2,1H3;2-6H2,1H3. The number of nitrogens with one attached hydrogen (secondary N) is 2. The molecule has 0 aliphatic rings. The van der Waals surface area contributed by atoms with Gasteiger partial charge in [0.1, 0.15) is 6.29 Å². The second-order valence-corrected chi connectivity index (χ2v) is 11.1. The van der Waals surface area contributed by atoms with Gasteiger partial charge < -0.3 is 50.3 Å². The summed E-state index contributed by atoms with van der Waals surface area (Å²) >= 11 is 0. The van der Waals surface area contributed by atoms with Crippen LogP contribution in [0.1, 0.15) is 107 Å². The van der Waals surface area contributed by atoms with Crippen LogP contribution in [0.25, 0.3) is 10.4 Å². The molecule has 17 heteroatoms. The number of amides is 2. The van der Waals surface area contributed by atoms with Crippen LogP contribution in [0.2, 0.25) is 0 Å². The van der Waals surface area contributed by atoms with Gasteiger partial charge in [0.2, 0.25) is 5.91 Å². The van der Waals surface area contributed by atoms with E-state index < -0.39 is 5.97 Å². The van der Waals surface area contributed by atoms with E-state index in [1.807, 2.05) is 20.8 Å². The van der Waals surface area contributed by atoms with Gasteiger partial charge >= 0.3 is 5.97 Å². The molecule has 0 aliphatic heterocycles. The lowest BCUT2D eigenvalue weighted by molar-refractivity contribution is -0.138. The molecule has 0 radical (unpaired) electrons. The Morgan fingerprint density at radius 2 is 1.20 bits per heavy atom. The van der Waals surface area contributed by atoms with Gasteiger partial charge in [-0.1, -0.05) is 51.9 Å². The summed E-state index contributed by atoms with van der Waals surface area (Å²) in [6.07, 6.45) is 6.50. The molecule has 0 spiro atoms. The molecule has 0 bridgehead atoms. The summed E-state index contributed by atoms with van der Waals surface area (Å²) in [5.41, 5.74) is 14.1. The third kappa shape index (κ3) is 54.8. The Hall–Kier alpha value is -3.67. The number of nitrogens with two attached hydrogens (primary N) is 1. The first-order valence-electron chi connectivity index (χ1n) is 19.2. The molecular weight excluding hydrogens is 716 g/mol. The van der Waals surface area contributed by atoms with E-state index in [-0.39, 0.29) is 31.3 Å². The molecule has 55 heavy (non-hydrogen) atoms. The minimum absolute atomic E-state index is 0.0309. The van der Waals surface area contributed by atoms with E-state index in [4.69, 9.17) is 45.2 Å². The van der Waals surface area contributed by atoms with E-state index in [2.05, 4.69) is 34.5 Å². The van der Waals surface area contributed by atoms with Crippen LogP contribution < -0.4 is 16.4 Å². The van der Waals surface area contributed by atoms with E-state index in [9.17, 15) is 19.2 Å². The van der Waals surface area contributed by atoms with E-state index in [1.54, 1.807) is 24.3 Å². The summed E-state index contributed by atoms with van der Waals surface area (Å²) in [6, 6.07) is 6.50. The van der Waals surface area contributed by atoms with Crippen LogP contribution in [-0.2, 0) is 33.3 Å². The van der Waals surface area contributed by atoms with Gasteiger partial charge in [0.25, 0.3) is 5.91 Å². The number of carboxylic acids is 1. The molecule has 0 heterocycles. The first kappa shape index (κ1) is 58.0. The van der Waals surface area contributed by atoms with Crippen LogP contribution in [0.4, 0.5) is 0 Å². The van der Waals surface area contributed by atoms with Crippen molar-refractivity contribution < 1.29 is 53.1 Å². The summed E-state index contributed by atoms with van der Waals surface area (Å²) in [5, 5.41) is 25.2. The SMILES string of the molecule is CCCOCCCO.CCCOCCN.CCCOCCN=[N+]=[N-].CCCOCCNC(=O)CCC(=O)O.CCCOCCNC(=O)c1ccc(C=O)cc1. The number of rotatable bonds is 29. The zero-order valence-corrected chi connectivity index (χ0v) is 34.1. The fourth-order valence-corrected chi connectivity index (χ4v) is 3.26. The Morgan fingerprint density at radius 1 is 0.727 bits per heavy atom. The number of ether oxygens (including phenoxy) is 5. The van der Waals surface area contributed by atoms with Crippen molar-refractivity contribution in [1.82, 2.24) is 10.6 Å². The number of benzene rings is 1. The topological polar surface area (TPSA) is 254 Å². The van der Waals surface area contributed by atoms with Crippen LogP contribution in [-0.4, -0.2) is 133 Å². The Kier molecular flexibility index (Phi) is 55.3. The van der Waals surface area contributed by atoms with Gasteiger partial charge in [0.05, 0.1) is 32.8 Å². The second kappa shape index (κ2) is 52.4. The fourth-order valence-electron chi connectivity index (χ4n) is 3.26. The normalized spacial score (nSPS) is 9.58. The van der Waals surface area contributed by atoms with E-state index in [0.717, 1.165) is 64.6 Å². The molecule has 2 amide bonds. The molecule has 0 atom stereocenters. The maximum Gasteiger partial charge on any atom is 0.303 e. The van der Waals surface area contributed by atoms with Crippen molar-refractivity contribution >= 4 is 24.1 Å². The third-order valence-electron chi connectivity index (χ3n) is 5.83. The lowest BCUT2D eigenvalue weighted by atomic mass is 10.1. The van der Waals surface area contributed by atoms with Crippen LogP contribution in [0.3, 0.4) is 0 Å². The van der Waals surface area contributed by atoms with E-state index in [1.165, 1.54) is 0 Å². The van der Waals surface area contributed by atoms with Gasteiger partial charge in [0, 0.05) is 94.9 Å². The molecule has 0 unspecified atom stereocenters. The molecule has 1 rings (SSSR count). The predicted molar refractivity (Wildman–Crippen MR) is 214 cm³/mol. The highest BCUT2D eigenvalue weighted by atomic mass is 16.5. The third-order valence-corrected chi connectivity index (χ3v) is 5.83. The second-order valence-electron chi connectivity index (χ2n) is 11.1. The zero-order valence-electron chi connectivity index (χ0n) is 34.1. The van der Waals surface area contributed by atoms with Crippen molar-refractivity contribution in [2.45, 2.75) is 86.0 Å². The lowest BCUT2D eigenvalue weighted by Crippen LogP contribution is -2.27. The van der Waals surface area contributed by atoms with Crippen LogP contribution in [0.5, 0.6) is 0 Å². The summed E-state index contributed by atoms with van der Waals surface area (Å²) in [4.78, 5) is 45.7. The molecule has 17 nitrogen and oxygen atoms in total. The number of aliphatic hydroxyl groups excluding tert-OH is 1. The number of aliphatic hydroxyl groups is 1. The highest BCUT2D eigenvalue weighted by Crippen LogP contribution is 2.02. The van der Waals surface area contributed by atoms with Crippen LogP contribution in [0, 0.1) is 0 Å². The van der Waals surface area contributed by atoms with E-state index >= 15 is 0 Å². The first-order chi connectivity index (χ1) is 26.7. The molecule has 0 saturated carbocycles. The van der Waals surface area contributed by atoms with Gasteiger partial charge in [-0.05, 0) is 56.2 Å². The number of aliphatic carboxylic acids is 1. The summed E-state index contributed by atoms with van der Waals surface area (Å²) in [6.45, 7) is 19.2. The molecule has 320 valence electrons. The number of hydrogen-bond acceptors (Lipinski definition) is 12. The van der Waals surface area contributed by atoms with Crippen molar-refractivity contribution in [3.8, 4) is 0 Å². The van der Waals surface area contributed by atoms with Gasteiger partial charge in [-0.3, -0.25) is 19.2 Å². The maximum absolute atomic E-state index is 11.6. The maximum atomic E-state index is 11.6. The highest BCUT2D eigenvalue weighted by Gasteiger charge is 2.05. The quantitative estimate of drug-likeness (QED) is 0.0238. The number of hydrogen-bond donors (Lipinski definition) is 5. The van der Waals surface area contributed by atoms with Crippen molar-refractivity contribution in [2.75, 3.05) is 98.9 Å². The molecule has 0 aromatic heterocycles. The number of carbonyl (C=O) groups is 4. The Balaban J connectivity index is -0.000000309. The highest BCUT2D eigenvalue weighted by molar-refractivity contribution is 5.94. The summed E-state index contributed by atoms with van der Waals surface area (Å²) < 4.78 is 25.5. The number of aldehydes is 1. The molecule has 1 aromatic rings. The van der Waals surface area contributed by atoms with Gasteiger partial charge in [-0.25, -0.2) is 0 Å². The number of carbonyl (C=O) groups excluding carboxylic acids is 3. The van der Waals surface area contributed by atoms with Crippen molar-refractivity contribution in [3.63, 3.8) is 0 Å². The number of carboxylic acid groups (broad SMARTS) is 1. The molecule has 1 aromatic carbocycles. The van der Waals surface area contributed by atoms with Crippen molar-refractivity contribution in [3.05, 3.63) is 45.8 Å². The first-order valence-corrected chi connectivity index (χ1v) is 19.2. The predicted octanol–water partition coefficient (Wildman–Crippen LogP) is 4.94. The van der Waals surface area contributed by atoms with Gasteiger partial charge in [-0.15, -0.1) is 0 Å². The molecule has 6 N–H and O–H groups in total.